The number of nitro benzene ring substituents is 1. The maximum atomic E-state index is 12.5. The lowest BCUT2D eigenvalue weighted by molar-refractivity contribution is -0.385. The molecule has 0 spiro atoms. The fourth-order valence-corrected chi connectivity index (χ4v) is 2.04. The van der Waals surface area contributed by atoms with Crippen LogP contribution in [0.5, 0.6) is 0 Å². The molecule has 21 heavy (non-hydrogen) atoms. The van der Waals surface area contributed by atoms with Crippen molar-refractivity contribution in [2.45, 2.75) is 19.5 Å². The van der Waals surface area contributed by atoms with E-state index in [0.29, 0.717) is 18.2 Å². The van der Waals surface area contributed by atoms with E-state index in [2.05, 4.69) is 0 Å². The number of benzene rings is 1. The van der Waals surface area contributed by atoms with E-state index in [1.54, 1.807) is 6.08 Å². The summed E-state index contributed by atoms with van der Waals surface area (Å²) in [6.45, 7) is 1.43. The van der Waals surface area contributed by atoms with Crippen LogP contribution < -0.4 is 0 Å². The van der Waals surface area contributed by atoms with Crippen LogP contribution in [-0.4, -0.2) is 15.8 Å². The molecular formula is C13H12F3NO3S. The number of hydrogen-bond donors (Lipinski definition) is 0. The second kappa shape index (κ2) is 7.26. The average Bonchev–Trinajstić information content (AvgIpc) is 2.36. The normalized spacial score (nSPS) is 11.8. The summed E-state index contributed by atoms with van der Waals surface area (Å²) in [5, 5.41) is 10.8. The topological polar surface area (TPSA) is 60.2 Å². The molecule has 1 aromatic carbocycles. The van der Waals surface area contributed by atoms with Gasteiger partial charge in [-0.25, -0.2) is 0 Å². The summed E-state index contributed by atoms with van der Waals surface area (Å²) in [5.74, 6) is 0.514. The third-order valence-electron chi connectivity index (χ3n) is 2.44. The monoisotopic (exact) mass is 319 g/mol. The summed E-state index contributed by atoms with van der Waals surface area (Å²) >= 11 is 1.11. The maximum absolute atomic E-state index is 12.5. The van der Waals surface area contributed by atoms with Gasteiger partial charge in [-0.1, -0.05) is 23.9 Å². The lowest BCUT2D eigenvalue weighted by Gasteiger charge is -2.07. The second-order valence-corrected chi connectivity index (χ2v) is 5.33. The Bertz CT molecular complexity index is 570. The van der Waals surface area contributed by atoms with Gasteiger partial charge < -0.3 is 0 Å². The fourth-order valence-electron chi connectivity index (χ4n) is 1.50. The van der Waals surface area contributed by atoms with Crippen molar-refractivity contribution in [1.29, 1.82) is 0 Å². The minimum absolute atomic E-state index is 0.0380. The number of carbonyl (C=O) groups excluding carboxylic acids is 1. The summed E-state index contributed by atoms with van der Waals surface area (Å²) in [4.78, 5) is 20.7. The van der Waals surface area contributed by atoms with Crippen molar-refractivity contribution in [1.82, 2.24) is 0 Å². The molecule has 0 N–H and O–H groups in total. The number of rotatable bonds is 5. The van der Waals surface area contributed by atoms with Crippen molar-refractivity contribution < 1.29 is 22.9 Å². The molecule has 114 valence electrons. The van der Waals surface area contributed by atoms with Crippen LogP contribution in [0.1, 0.15) is 24.5 Å². The SMILES string of the molecule is CC(=O)SCCC=Cc1ccc(C(F)(F)F)cc1[N+](=O)[O-]. The summed E-state index contributed by atoms with van der Waals surface area (Å²) in [6.07, 6.45) is -1.15. The van der Waals surface area contributed by atoms with Gasteiger partial charge in [-0.05, 0) is 18.6 Å². The quantitative estimate of drug-likeness (QED) is 0.461. The maximum Gasteiger partial charge on any atom is 0.416 e. The Hall–Kier alpha value is -1.83. The summed E-state index contributed by atoms with van der Waals surface area (Å²) < 4.78 is 37.5. The highest BCUT2D eigenvalue weighted by Crippen LogP contribution is 2.33. The second-order valence-electron chi connectivity index (χ2n) is 4.06. The minimum atomic E-state index is -4.62. The number of halogens is 3. The molecule has 1 rings (SSSR count). The minimum Gasteiger partial charge on any atom is -0.288 e. The van der Waals surface area contributed by atoms with E-state index >= 15 is 0 Å². The predicted octanol–water partition coefficient (Wildman–Crippen LogP) is 4.30. The lowest BCUT2D eigenvalue weighted by atomic mass is 10.1. The smallest absolute Gasteiger partial charge is 0.288 e. The molecule has 4 nitrogen and oxygen atoms in total. The summed E-state index contributed by atoms with van der Waals surface area (Å²) in [6, 6.07) is 2.39. The molecule has 0 unspecified atom stereocenters. The van der Waals surface area contributed by atoms with Gasteiger partial charge in [0.15, 0.2) is 5.12 Å². The lowest BCUT2D eigenvalue weighted by Crippen LogP contribution is -2.06. The molecule has 0 aliphatic heterocycles. The van der Waals surface area contributed by atoms with Gasteiger partial charge in [0.2, 0.25) is 0 Å². The van der Waals surface area contributed by atoms with Crippen LogP contribution in [0.4, 0.5) is 18.9 Å². The van der Waals surface area contributed by atoms with Crippen molar-refractivity contribution in [3.63, 3.8) is 0 Å². The zero-order chi connectivity index (χ0) is 16.0. The van der Waals surface area contributed by atoms with E-state index in [0.717, 1.165) is 23.9 Å². The van der Waals surface area contributed by atoms with Gasteiger partial charge in [0.1, 0.15) is 0 Å². The van der Waals surface area contributed by atoms with E-state index in [9.17, 15) is 28.1 Å². The van der Waals surface area contributed by atoms with Crippen LogP contribution in [0, 0.1) is 10.1 Å². The molecule has 0 aliphatic carbocycles. The molecule has 0 aromatic heterocycles. The highest BCUT2D eigenvalue weighted by atomic mass is 32.2. The van der Waals surface area contributed by atoms with Gasteiger partial charge in [0.05, 0.1) is 16.1 Å². The number of nitro groups is 1. The Morgan fingerprint density at radius 3 is 2.62 bits per heavy atom. The predicted molar refractivity (Wildman–Crippen MR) is 74.9 cm³/mol. The Morgan fingerprint density at radius 2 is 2.10 bits per heavy atom. The van der Waals surface area contributed by atoms with Crippen molar-refractivity contribution in [2.75, 3.05) is 5.75 Å². The van der Waals surface area contributed by atoms with Crippen LogP contribution in [0.25, 0.3) is 6.08 Å². The molecule has 0 saturated carbocycles. The average molecular weight is 319 g/mol. The van der Waals surface area contributed by atoms with Gasteiger partial charge >= 0.3 is 6.18 Å². The Labute approximate surface area is 123 Å². The fraction of sp³-hybridized carbons (Fsp3) is 0.308. The van der Waals surface area contributed by atoms with E-state index < -0.39 is 22.4 Å². The number of nitrogens with zero attached hydrogens (tertiary/aromatic N) is 1. The van der Waals surface area contributed by atoms with Gasteiger partial charge in [-0.3, -0.25) is 14.9 Å². The molecule has 0 amide bonds. The highest BCUT2D eigenvalue weighted by Gasteiger charge is 2.32. The molecule has 0 aliphatic rings. The molecule has 0 bridgehead atoms. The van der Waals surface area contributed by atoms with Crippen LogP contribution in [0.2, 0.25) is 0 Å². The molecule has 8 heteroatoms. The number of allylic oxidation sites excluding steroid dienone is 1. The van der Waals surface area contributed by atoms with Crippen molar-refractivity contribution in [3.8, 4) is 0 Å². The number of thioether (sulfide) groups is 1. The van der Waals surface area contributed by atoms with Gasteiger partial charge in [0.25, 0.3) is 5.69 Å². The number of hydrogen-bond acceptors (Lipinski definition) is 4. The molecule has 1 aromatic rings. The molecule has 0 heterocycles. The molecule has 0 fully saturated rings. The zero-order valence-corrected chi connectivity index (χ0v) is 11.8. The van der Waals surface area contributed by atoms with E-state index in [1.165, 1.54) is 13.0 Å². The highest BCUT2D eigenvalue weighted by molar-refractivity contribution is 8.13. The first-order valence-corrected chi connectivity index (χ1v) is 6.86. The van der Waals surface area contributed by atoms with Crippen LogP contribution in [0.3, 0.4) is 0 Å². The van der Waals surface area contributed by atoms with Gasteiger partial charge in [0, 0.05) is 18.7 Å². The summed E-state index contributed by atoms with van der Waals surface area (Å²) in [7, 11) is 0. The van der Waals surface area contributed by atoms with Crippen molar-refractivity contribution in [3.05, 3.63) is 45.5 Å². The molecular weight excluding hydrogens is 307 g/mol. The largest absolute Gasteiger partial charge is 0.416 e. The van der Waals surface area contributed by atoms with Crippen LogP contribution in [0.15, 0.2) is 24.3 Å². The Kier molecular flexibility index (Phi) is 5.95. The first-order valence-electron chi connectivity index (χ1n) is 5.87. The zero-order valence-electron chi connectivity index (χ0n) is 11.0. The van der Waals surface area contributed by atoms with Crippen LogP contribution >= 0.6 is 11.8 Å². The molecule has 0 radical (unpaired) electrons. The first-order chi connectivity index (χ1) is 9.71. The first kappa shape index (κ1) is 17.2. The number of carbonyl (C=O) groups is 1. The molecule has 0 saturated heterocycles. The van der Waals surface area contributed by atoms with E-state index in [1.807, 2.05) is 0 Å². The number of alkyl halides is 3. The van der Waals surface area contributed by atoms with E-state index in [-0.39, 0.29) is 10.7 Å². The Balaban J connectivity index is 2.89. The standard InChI is InChI=1S/C13H12F3NO3S/c1-9(18)21-7-3-2-4-10-5-6-11(13(14,15)16)8-12(10)17(19)20/h2,4-6,8H,3,7H2,1H3. The molecule has 0 atom stereocenters. The summed E-state index contributed by atoms with van der Waals surface area (Å²) in [5.41, 5.74) is -1.56. The van der Waals surface area contributed by atoms with Crippen molar-refractivity contribution in [2.24, 2.45) is 0 Å². The van der Waals surface area contributed by atoms with Gasteiger partial charge in [-0.15, -0.1) is 0 Å². The van der Waals surface area contributed by atoms with E-state index in [4.69, 9.17) is 0 Å². The van der Waals surface area contributed by atoms with Crippen LogP contribution in [-0.2, 0) is 11.0 Å². The van der Waals surface area contributed by atoms with Gasteiger partial charge in [-0.2, -0.15) is 13.2 Å². The Morgan fingerprint density at radius 1 is 1.43 bits per heavy atom. The third-order valence-corrected chi connectivity index (χ3v) is 3.29. The third kappa shape index (κ3) is 5.58. The van der Waals surface area contributed by atoms with Crippen molar-refractivity contribution >= 4 is 28.6 Å².